The Balaban J connectivity index is 2.93. The van der Waals surface area contributed by atoms with Gasteiger partial charge in [-0.25, -0.2) is 8.42 Å². The van der Waals surface area contributed by atoms with Gasteiger partial charge in [0.25, 0.3) is 0 Å². The minimum atomic E-state index is -3.55. The largest absolute Gasteiger partial charge is 0.409 e. The molecule has 0 bridgehead atoms. The van der Waals surface area contributed by atoms with Crippen LogP contribution in [0, 0.1) is 0 Å². The van der Waals surface area contributed by atoms with Gasteiger partial charge in [-0.1, -0.05) is 23.4 Å². The molecule has 7 heteroatoms. The molecule has 0 amide bonds. The third-order valence-electron chi connectivity index (χ3n) is 2.67. The zero-order valence-electron chi connectivity index (χ0n) is 10.3. The van der Waals surface area contributed by atoms with Crippen LogP contribution in [0.1, 0.15) is 13.3 Å². The molecular weight excluding hydrogens is 254 g/mol. The molecule has 0 aliphatic heterocycles. The zero-order valence-corrected chi connectivity index (χ0v) is 11.1. The number of amidine groups is 1. The van der Waals surface area contributed by atoms with Crippen molar-refractivity contribution in [3.63, 3.8) is 0 Å². The lowest BCUT2D eigenvalue weighted by Gasteiger charge is -2.23. The van der Waals surface area contributed by atoms with Crippen LogP contribution in [-0.4, -0.2) is 36.9 Å². The fraction of sp³-hybridized carbons (Fsp3) is 0.364. The van der Waals surface area contributed by atoms with Crippen LogP contribution in [0.25, 0.3) is 0 Å². The van der Waals surface area contributed by atoms with Gasteiger partial charge in [0, 0.05) is 19.5 Å². The van der Waals surface area contributed by atoms with Gasteiger partial charge < -0.3 is 10.9 Å². The molecule has 1 aromatic carbocycles. The topological polar surface area (TPSA) is 96.0 Å². The quantitative estimate of drug-likeness (QED) is 0.359. The van der Waals surface area contributed by atoms with E-state index < -0.39 is 16.1 Å². The van der Waals surface area contributed by atoms with Gasteiger partial charge in [0.05, 0.1) is 4.90 Å². The predicted octanol–water partition coefficient (Wildman–Crippen LogP) is 0.832. The van der Waals surface area contributed by atoms with Gasteiger partial charge in [-0.3, -0.25) is 0 Å². The molecule has 0 saturated carbocycles. The highest BCUT2D eigenvalue weighted by Crippen LogP contribution is 2.17. The molecule has 3 N–H and O–H groups in total. The Morgan fingerprint density at radius 1 is 1.44 bits per heavy atom. The number of oxime groups is 1. The van der Waals surface area contributed by atoms with E-state index in [1.165, 1.54) is 23.5 Å². The molecule has 0 spiro atoms. The van der Waals surface area contributed by atoms with Gasteiger partial charge in [-0.15, -0.1) is 0 Å². The molecule has 0 aromatic heterocycles. The Morgan fingerprint density at radius 2 is 2.00 bits per heavy atom. The highest BCUT2D eigenvalue weighted by atomic mass is 32.2. The molecular formula is C11H17N3O3S. The molecule has 1 rings (SSSR count). The molecule has 1 atom stereocenters. The van der Waals surface area contributed by atoms with E-state index in [1.54, 1.807) is 25.1 Å². The van der Waals surface area contributed by atoms with E-state index in [-0.39, 0.29) is 17.2 Å². The summed E-state index contributed by atoms with van der Waals surface area (Å²) in [5, 5.41) is 11.3. The number of nitrogens with zero attached hydrogens (tertiary/aromatic N) is 2. The smallest absolute Gasteiger partial charge is 0.243 e. The Labute approximate surface area is 107 Å². The van der Waals surface area contributed by atoms with Gasteiger partial charge in [-0.05, 0) is 19.1 Å². The summed E-state index contributed by atoms with van der Waals surface area (Å²) in [6.45, 7) is 1.69. The molecule has 0 aliphatic rings. The summed E-state index contributed by atoms with van der Waals surface area (Å²) in [6.07, 6.45) is 0.166. The summed E-state index contributed by atoms with van der Waals surface area (Å²) in [5.41, 5.74) is 5.37. The lowest BCUT2D eigenvalue weighted by Crippen LogP contribution is -2.37. The third kappa shape index (κ3) is 3.21. The zero-order chi connectivity index (χ0) is 13.8. The second kappa shape index (κ2) is 5.83. The summed E-state index contributed by atoms with van der Waals surface area (Å²) in [5.74, 6) is -0.00221. The molecule has 0 fully saturated rings. The first-order valence-electron chi connectivity index (χ1n) is 5.39. The van der Waals surface area contributed by atoms with E-state index in [1.807, 2.05) is 0 Å². The lowest BCUT2D eigenvalue weighted by molar-refractivity contribution is 0.313. The summed E-state index contributed by atoms with van der Waals surface area (Å²) in [7, 11) is -2.08. The fourth-order valence-electron chi connectivity index (χ4n) is 1.47. The number of hydrogen-bond donors (Lipinski definition) is 2. The minimum Gasteiger partial charge on any atom is -0.409 e. The molecule has 0 heterocycles. The first kappa shape index (κ1) is 14.5. The van der Waals surface area contributed by atoms with Crippen LogP contribution < -0.4 is 5.73 Å². The molecule has 100 valence electrons. The average Bonchev–Trinajstić information content (AvgIpc) is 2.38. The van der Waals surface area contributed by atoms with Crippen LogP contribution >= 0.6 is 0 Å². The van der Waals surface area contributed by atoms with Crippen LogP contribution in [0.4, 0.5) is 0 Å². The number of hydrogen-bond acceptors (Lipinski definition) is 4. The Hall–Kier alpha value is -1.60. The van der Waals surface area contributed by atoms with Crippen LogP contribution in [0.3, 0.4) is 0 Å². The second-order valence-corrected chi connectivity index (χ2v) is 5.98. The molecule has 6 nitrogen and oxygen atoms in total. The van der Waals surface area contributed by atoms with Gasteiger partial charge in [0.15, 0.2) is 0 Å². The van der Waals surface area contributed by atoms with Crippen molar-refractivity contribution in [2.75, 3.05) is 7.05 Å². The minimum absolute atomic E-state index is 0.00221. The van der Waals surface area contributed by atoms with Crippen molar-refractivity contribution < 1.29 is 13.6 Å². The molecule has 1 unspecified atom stereocenters. The maximum absolute atomic E-state index is 12.2. The van der Waals surface area contributed by atoms with Crippen molar-refractivity contribution in [1.82, 2.24) is 4.31 Å². The van der Waals surface area contributed by atoms with Crippen molar-refractivity contribution in [2.45, 2.75) is 24.3 Å². The standard InChI is InChI=1S/C11H17N3O3S/c1-9(8-11(12)13-15)14(2)18(16,17)10-6-4-3-5-7-10/h3-7,9,15H,8H2,1-2H3,(H2,12,13). The number of sulfonamides is 1. The number of benzene rings is 1. The fourth-order valence-corrected chi connectivity index (χ4v) is 2.85. The van der Waals surface area contributed by atoms with Crippen molar-refractivity contribution in [1.29, 1.82) is 0 Å². The number of nitrogens with two attached hydrogens (primary N) is 1. The van der Waals surface area contributed by atoms with Crippen molar-refractivity contribution in [3.05, 3.63) is 30.3 Å². The van der Waals surface area contributed by atoms with E-state index in [2.05, 4.69) is 5.16 Å². The molecule has 1 aromatic rings. The van der Waals surface area contributed by atoms with E-state index in [0.717, 1.165) is 0 Å². The van der Waals surface area contributed by atoms with Gasteiger partial charge in [0.2, 0.25) is 10.0 Å². The highest BCUT2D eigenvalue weighted by Gasteiger charge is 2.25. The molecule has 18 heavy (non-hydrogen) atoms. The van der Waals surface area contributed by atoms with Crippen LogP contribution in [0.2, 0.25) is 0 Å². The van der Waals surface area contributed by atoms with Gasteiger partial charge in [0.1, 0.15) is 5.84 Å². The maximum atomic E-state index is 12.2. The first-order valence-corrected chi connectivity index (χ1v) is 6.83. The SMILES string of the molecule is CC(CC(N)=NO)N(C)S(=O)(=O)c1ccccc1. The Kier molecular flexibility index (Phi) is 4.69. The van der Waals surface area contributed by atoms with E-state index in [4.69, 9.17) is 10.9 Å². The number of rotatable bonds is 5. The van der Waals surface area contributed by atoms with E-state index in [0.29, 0.717) is 0 Å². The maximum Gasteiger partial charge on any atom is 0.243 e. The van der Waals surface area contributed by atoms with Gasteiger partial charge >= 0.3 is 0 Å². The van der Waals surface area contributed by atoms with E-state index in [9.17, 15) is 8.42 Å². The summed E-state index contributed by atoms with van der Waals surface area (Å²) >= 11 is 0. The highest BCUT2D eigenvalue weighted by molar-refractivity contribution is 7.89. The Morgan fingerprint density at radius 3 is 2.50 bits per heavy atom. The lowest BCUT2D eigenvalue weighted by atomic mass is 10.2. The third-order valence-corrected chi connectivity index (χ3v) is 4.66. The first-order chi connectivity index (χ1) is 8.39. The molecule has 0 radical (unpaired) electrons. The van der Waals surface area contributed by atoms with Crippen LogP contribution in [0.15, 0.2) is 40.4 Å². The predicted molar refractivity (Wildman–Crippen MR) is 68.9 cm³/mol. The normalized spacial score (nSPS) is 14.7. The monoisotopic (exact) mass is 271 g/mol. The second-order valence-electron chi connectivity index (χ2n) is 3.98. The summed E-state index contributed by atoms with van der Waals surface area (Å²) in [6, 6.07) is 7.73. The van der Waals surface area contributed by atoms with Crippen LogP contribution in [0.5, 0.6) is 0 Å². The van der Waals surface area contributed by atoms with Crippen LogP contribution in [-0.2, 0) is 10.0 Å². The van der Waals surface area contributed by atoms with Gasteiger partial charge in [-0.2, -0.15) is 4.31 Å². The van der Waals surface area contributed by atoms with Crippen molar-refractivity contribution in [2.24, 2.45) is 10.9 Å². The van der Waals surface area contributed by atoms with E-state index >= 15 is 0 Å². The summed E-state index contributed by atoms with van der Waals surface area (Å²) < 4.78 is 25.7. The van der Waals surface area contributed by atoms with Crippen molar-refractivity contribution in [3.8, 4) is 0 Å². The van der Waals surface area contributed by atoms with Crippen molar-refractivity contribution >= 4 is 15.9 Å². The molecule has 0 saturated heterocycles. The summed E-state index contributed by atoms with van der Waals surface area (Å²) in [4.78, 5) is 0.221. The Bertz CT molecular complexity index is 514. The average molecular weight is 271 g/mol. The molecule has 0 aliphatic carbocycles.